The molecule has 0 radical (unpaired) electrons. The van der Waals surface area contributed by atoms with Crippen molar-refractivity contribution < 1.29 is 18.7 Å². The molecule has 2 aromatic carbocycles. The predicted octanol–water partition coefficient (Wildman–Crippen LogP) is 3.49. The molecule has 1 aliphatic heterocycles. The molecule has 154 valence electrons. The number of nitrogens with zero attached hydrogens (tertiary/aromatic N) is 2. The van der Waals surface area contributed by atoms with Gasteiger partial charge in [0.25, 0.3) is 5.91 Å². The van der Waals surface area contributed by atoms with Crippen molar-refractivity contribution in [1.82, 2.24) is 20.4 Å². The molecule has 1 fully saturated rings. The third-order valence-electron chi connectivity index (χ3n) is 4.76. The second kappa shape index (κ2) is 8.46. The van der Waals surface area contributed by atoms with E-state index in [1.54, 1.807) is 23.0 Å². The minimum Gasteiger partial charge on any atom is -0.377 e. The molecule has 0 aliphatic carbocycles. The lowest BCUT2D eigenvalue weighted by molar-refractivity contribution is -0.120. The van der Waals surface area contributed by atoms with Gasteiger partial charge in [-0.1, -0.05) is 19.1 Å². The zero-order valence-corrected chi connectivity index (χ0v) is 16.4. The molecule has 8 heteroatoms. The Morgan fingerprint density at radius 3 is 2.47 bits per heavy atom. The van der Waals surface area contributed by atoms with Crippen molar-refractivity contribution in [2.24, 2.45) is 0 Å². The Hall–Kier alpha value is -3.52. The maximum absolute atomic E-state index is 13.4. The smallest absolute Gasteiger partial charge is 0.322 e. The average Bonchev–Trinajstić information content (AvgIpc) is 3.32. The summed E-state index contributed by atoms with van der Waals surface area (Å²) < 4.78 is 20.6. The first-order valence-corrected chi connectivity index (χ1v) is 9.69. The number of imide groups is 1. The highest BCUT2D eigenvalue weighted by atomic mass is 19.1. The minimum absolute atomic E-state index is 0.368. The zero-order valence-electron chi connectivity index (χ0n) is 16.4. The van der Waals surface area contributed by atoms with Crippen LogP contribution in [0, 0.1) is 5.82 Å². The Morgan fingerprint density at radius 2 is 1.83 bits per heavy atom. The first-order chi connectivity index (χ1) is 14.5. The fourth-order valence-corrected chi connectivity index (χ4v) is 3.28. The third-order valence-corrected chi connectivity index (χ3v) is 4.76. The summed E-state index contributed by atoms with van der Waals surface area (Å²) in [6.45, 7) is 3.30. The number of aromatic nitrogens is 2. The van der Waals surface area contributed by atoms with Gasteiger partial charge in [-0.05, 0) is 48.4 Å². The summed E-state index contributed by atoms with van der Waals surface area (Å²) in [5.41, 5.74) is 3.49. The molecule has 3 amide bonds. The van der Waals surface area contributed by atoms with Crippen molar-refractivity contribution in [2.75, 3.05) is 6.61 Å². The largest absolute Gasteiger partial charge is 0.377 e. The third kappa shape index (κ3) is 4.08. The van der Waals surface area contributed by atoms with Gasteiger partial charge in [0.15, 0.2) is 0 Å². The van der Waals surface area contributed by atoms with E-state index in [1.165, 1.54) is 12.1 Å². The van der Waals surface area contributed by atoms with Gasteiger partial charge in [-0.25, -0.2) is 13.9 Å². The fraction of sp³-hybridized carbons (Fsp3) is 0.227. The molecule has 30 heavy (non-hydrogen) atoms. The normalized spacial score (nSPS) is 15.9. The number of hydrogen-bond acceptors (Lipinski definition) is 4. The molecular formula is C22H21FN4O3. The van der Waals surface area contributed by atoms with Crippen LogP contribution in [0.25, 0.3) is 16.9 Å². The minimum atomic E-state index is -0.868. The molecule has 1 aliphatic rings. The number of halogens is 1. The van der Waals surface area contributed by atoms with Crippen molar-refractivity contribution in [2.45, 2.75) is 26.0 Å². The molecule has 1 saturated heterocycles. The van der Waals surface area contributed by atoms with Crippen molar-refractivity contribution in [3.05, 3.63) is 71.7 Å². The second-order valence-corrected chi connectivity index (χ2v) is 7.00. The summed E-state index contributed by atoms with van der Waals surface area (Å²) >= 11 is 0. The van der Waals surface area contributed by atoms with Crippen molar-refractivity contribution in [3.63, 3.8) is 0 Å². The van der Waals surface area contributed by atoms with Gasteiger partial charge in [-0.3, -0.25) is 10.1 Å². The molecule has 1 aromatic heterocycles. The SMILES string of the molecule is CCCOCc1ccc(-n2cc(C3NC(=O)NC3=O)c(-c3ccc(F)cc3)n2)cc1. The maximum Gasteiger partial charge on any atom is 0.322 e. The lowest BCUT2D eigenvalue weighted by Crippen LogP contribution is -2.22. The number of rotatable bonds is 7. The van der Waals surface area contributed by atoms with Gasteiger partial charge in [0, 0.05) is 23.9 Å². The topological polar surface area (TPSA) is 85.2 Å². The zero-order chi connectivity index (χ0) is 21.1. The van der Waals surface area contributed by atoms with E-state index in [2.05, 4.69) is 22.7 Å². The Balaban J connectivity index is 1.69. The summed E-state index contributed by atoms with van der Waals surface area (Å²) in [6, 6.07) is 12.1. The first-order valence-electron chi connectivity index (χ1n) is 9.69. The number of urea groups is 1. The molecule has 2 heterocycles. The van der Waals surface area contributed by atoms with E-state index >= 15 is 0 Å². The van der Waals surface area contributed by atoms with E-state index in [1.807, 2.05) is 24.3 Å². The monoisotopic (exact) mass is 408 g/mol. The molecule has 1 unspecified atom stereocenters. The summed E-state index contributed by atoms with van der Waals surface area (Å²) in [7, 11) is 0. The number of amides is 3. The Morgan fingerprint density at radius 1 is 1.10 bits per heavy atom. The lowest BCUT2D eigenvalue weighted by atomic mass is 10.0. The number of carbonyl (C=O) groups excluding carboxylic acids is 2. The van der Waals surface area contributed by atoms with Crippen LogP contribution in [0.5, 0.6) is 0 Å². The molecule has 4 rings (SSSR count). The van der Waals surface area contributed by atoms with Gasteiger partial charge < -0.3 is 10.1 Å². The van der Waals surface area contributed by atoms with E-state index in [9.17, 15) is 14.0 Å². The number of ether oxygens (including phenoxy) is 1. The van der Waals surface area contributed by atoms with Crippen LogP contribution in [-0.4, -0.2) is 28.3 Å². The Labute approximate surface area is 172 Å². The van der Waals surface area contributed by atoms with Crippen LogP contribution >= 0.6 is 0 Å². The highest BCUT2D eigenvalue weighted by Crippen LogP contribution is 2.30. The molecule has 3 aromatic rings. The van der Waals surface area contributed by atoms with Crippen LogP contribution in [0.15, 0.2) is 54.7 Å². The Bertz CT molecular complexity index is 1060. The maximum atomic E-state index is 13.4. The van der Waals surface area contributed by atoms with Crippen LogP contribution in [0.4, 0.5) is 9.18 Å². The summed E-state index contributed by atoms with van der Waals surface area (Å²) in [6.07, 6.45) is 2.67. The van der Waals surface area contributed by atoms with Crippen LogP contribution in [0.3, 0.4) is 0 Å². The summed E-state index contributed by atoms with van der Waals surface area (Å²) in [4.78, 5) is 23.9. The lowest BCUT2D eigenvalue weighted by Gasteiger charge is -2.07. The number of carbonyl (C=O) groups is 2. The van der Waals surface area contributed by atoms with Crippen molar-refractivity contribution in [1.29, 1.82) is 0 Å². The van der Waals surface area contributed by atoms with E-state index in [4.69, 9.17) is 4.74 Å². The predicted molar refractivity (Wildman–Crippen MR) is 108 cm³/mol. The summed E-state index contributed by atoms with van der Waals surface area (Å²) in [5.74, 6) is -0.821. The van der Waals surface area contributed by atoms with E-state index in [-0.39, 0.29) is 5.82 Å². The molecule has 2 N–H and O–H groups in total. The van der Waals surface area contributed by atoms with Gasteiger partial charge in [0.05, 0.1) is 18.0 Å². The van der Waals surface area contributed by atoms with E-state index in [0.29, 0.717) is 30.0 Å². The first kappa shape index (κ1) is 19.8. The highest BCUT2D eigenvalue weighted by molar-refractivity contribution is 6.05. The average molecular weight is 408 g/mol. The molecule has 0 spiro atoms. The van der Waals surface area contributed by atoms with Gasteiger partial charge in [0.1, 0.15) is 11.9 Å². The van der Waals surface area contributed by atoms with Crippen LogP contribution in [0.1, 0.15) is 30.5 Å². The highest BCUT2D eigenvalue weighted by Gasteiger charge is 2.34. The second-order valence-electron chi connectivity index (χ2n) is 7.00. The van der Waals surface area contributed by atoms with Crippen LogP contribution < -0.4 is 10.6 Å². The molecule has 1 atom stereocenters. The molecule has 0 bridgehead atoms. The van der Waals surface area contributed by atoms with Crippen molar-refractivity contribution >= 4 is 11.9 Å². The van der Waals surface area contributed by atoms with Gasteiger partial charge in [0.2, 0.25) is 0 Å². The fourth-order valence-electron chi connectivity index (χ4n) is 3.28. The van der Waals surface area contributed by atoms with Gasteiger partial charge in [-0.15, -0.1) is 0 Å². The van der Waals surface area contributed by atoms with E-state index < -0.39 is 18.0 Å². The summed E-state index contributed by atoms with van der Waals surface area (Å²) in [5, 5.41) is 9.46. The molecule has 7 nitrogen and oxygen atoms in total. The molecule has 0 saturated carbocycles. The van der Waals surface area contributed by atoms with E-state index in [0.717, 1.165) is 17.7 Å². The van der Waals surface area contributed by atoms with Crippen LogP contribution in [-0.2, 0) is 16.1 Å². The Kier molecular flexibility index (Phi) is 5.58. The molecular weight excluding hydrogens is 387 g/mol. The number of benzene rings is 2. The van der Waals surface area contributed by atoms with Crippen LogP contribution in [0.2, 0.25) is 0 Å². The standard InChI is InChI=1S/C22H21FN4O3/c1-2-11-30-13-14-3-9-17(10-4-14)27-12-18(20-21(28)25-22(29)24-20)19(26-27)15-5-7-16(23)8-6-15/h3-10,12,20H,2,11,13H2,1H3,(H2,24,25,28,29). The van der Waals surface area contributed by atoms with Crippen molar-refractivity contribution in [3.8, 4) is 16.9 Å². The van der Waals surface area contributed by atoms with Gasteiger partial charge in [-0.2, -0.15) is 5.10 Å². The van der Waals surface area contributed by atoms with Gasteiger partial charge >= 0.3 is 6.03 Å². The quantitative estimate of drug-likeness (QED) is 0.463. The number of hydrogen-bond donors (Lipinski definition) is 2. The number of nitrogens with one attached hydrogen (secondary N) is 2.